The summed E-state index contributed by atoms with van der Waals surface area (Å²) in [6.45, 7) is 2.07. The molecule has 0 aliphatic heterocycles. The second kappa shape index (κ2) is 5.21. The van der Waals surface area contributed by atoms with Crippen molar-refractivity contribution in [2.45, 2.75) is 26.2 Å². The molecular formula is C17H17BrO2. The molecule has 1 aromatic rings. The maximum atomic E-state index is 12.7. The molecule has 0 saturated heterocycles. The summed E-state index contributed by atoms with van der Waals surface area (Å²) in [5.41, 5.74) is 2.51. The highest BCUT2D eigenvalue weighted by Gasteiger charge is 2.35. The number of aliphatic hydroxyl groups is 1. The van der Waals surface area contributed by atoms with Crippen molar-refractivity contribution in [2.75, 3.05) is 0 Å². The monoisotopic (exact) mass is 332 g/mol. The Morgan fingerprint density at radius 3 is 2.60 bits per heavy atom. The van der Waals surface area contributed by atoms with Crippen molar-refractivity contribution in [3.63, 3.8) is 0 Å². The fourth-order valence-corrected chi connectivity index (χ4v) is 3.48. The number of halogens is 1. The average molecular weight is 333 g/mol. The molecule has 1 N–H and O–H groups in total. The zero-order chi connectivity index (χ0) is 14.3. The Bertz CT molecular complexity index is 628. The number of ketones is 1. The molecule has 4 rings (SSSR count). The maximum absolute atomic E-state index is 12.7. The van der Waals surface area contributed by atoms with Gasteiger partial charge in [-0.15, -0.1) is 0 Å². The summed E-state index contributed by atoms with van der Waals surface area (Å²) in [6.07, 6.45) is 6.48. The predicted octanol–water partition coefficient (Wildman–Crippen LogP) is 4.45. The lowest BCUT2D eigenvalue weighted by molar-refractivity contribution is -0.116. The van der Waals surface area contributed by atoms with E-state index >= 15 is 0 Å². The molecule has 20 heavy (non-hydrogen) atoms. The van der Waals surface area contributed by atoms with Crippen molar-refractivity contribution in [1.82, 2.24) is 0 Å². The number of carbonyl (C=O) groups excluding carboxylic acids is 1. The van der Waals surface area contributed by atoms with Crippen LogP contribution in [-0.2, 0) is 11.2 Å². The van der Waals surface area contributed by atoms with Crippen LogP contribution in [-0.4, -0.2) is 10.9 Å². The molecule has 0 spiro atoms. The van der Waals surface area contributed by atoms with Crippen molar-refractivity contribution >= 4 is 27.3 Å². The second-order valence-corrected chi connectivity index (χ2v) is 6.37. The fourth-order valence-electron chi connectivity index (χ4n) is 3.12. The Hall–Kier alpha value is -1.35. The third-order valence-corrected chi connectivity index (χ3v) is 4.77. The summed E-state index contributed by atoms with van der Waals surface area (Å²) in [5, 5.41) is 10.6. The Labute approximate surface area is 127 Å². The van der Waals surface area contributed by atoms with Crippen LogP contribution in [0.25, 0.3) is 5.57 Å². The Balaban J connectivity index is 2.20. The first kappa shape index (κ1) is 13.6. The third-order valence-electron chi connectivity index (χ3n) is 4.28. The van der Waals surface area contributed by atoms with E-state index in [1.807, 2.05) is 30.4 Å². The van der Waals surface area contributed by atoms with Crippen LogP contribution in [0.5, 0.6) is 0 Å². The van der Waals surface area contributed by atoms with Crippen LogP contribution in [0.2, 0.25) is 0 Å². The van der Waals surface area contributed by atoms with Crippen molar-refractivity contribution in [3.8, 4) is 0 Å². The van der Waals surface area contributed by atoms with Crippen molar-refractivity contribution in [3.05, 3.63) is 51.7 Å². The lowest BCUT2D eigenvalue weighted by Gasteiger charge is -2.15. The van der Waals surface area contributed by atoms with Gasteiger partial charge in [0.2, 0.25) is 0 Å². The van der Waals surface area contributed by atoms with Gasteiger partial charge < -0.3 is 5.11 Å². The van der Waals surface area contributed by atoms with Crippen LogP contribution in [0.1, 0.15) is 30.9 Å². The van der Waals surface area contributed by atoms with Gasteiger partial charge in [0.05, 0.1) is 5.57 Å². The molecule has 2 nitrogen and oxygen atoms in total. The molecule has 0 saturated carbocycles. The first-order valence-electron chi connectivity index (χ1n) is 7.06. The molecule has 3 aliphatic rings. The molecule has 0 unspecified atom stereocenters. The van der Waals surface area contributed by atoms with Gasteiger partial charge in [0, 0.05) is 16.3 Å². The van der Waals surface area contributed by atoms with Gasteiger partial charge in [0.25, 0.3) is 0 Å². The van der Waals surface area contributed by atoms with Gasteiger partial charge in [0.1, 0.15) is 5.76 Å². The zero-order valence-corrected chi connectivity index (χ0v) is 13.0. The summed E-state index contributed by atoms with van der Waals surface area (Å²) < 4.78 is 0.933. The molecular weight excluding hydrogens is 316 g/mol. The largest absolute Gasteiger partial charge is 0.511 e. The van der Waals surface area contributed by atoms with Crippen LogP contribution in [0.4, 0.5) is 0 Å². The molecule has 0 amide bonds. The van der Waals surface area contributed by atoms with Crippen LogP contribution >= 0.6 is 15.9 Å². The average Bonchev–Trinajstić information content (AvgIpc) is 2.65. The standard InChI is InChI=1S/C17H17BrO2/c1-2-10-7-8-13(18)9-14(10)15-16(19)11-3-4-12(6-5-11)17(15)20/h3-4,7-9,11-12,19H,2,5-6H2,1H3/t11-,12+/m1/s1. The minimum Gasteiger partial charge on any atom is -0.511 e. The minimum absolute atomic E-state index is 0.00334. The van der Waals surface area contributed by atoms with Crippen LogP contribution in [0.3, 0.4) is 0 Å². The number of Topliss-reactive ketones (excluding diaryl/α,β-unsaturated/α-hetero) is 1. The number of fused-ring (bicyclic) bond motifs is 2. The van der Waals surface area contributed by atoms with Crippen LogP contribution in [0, 0.1) is 11.8 Å². The van der Waals surface area contributed by atoms with E-state index in [-0.39, 0.29) is 23.4 Å². The number of carbonyl (C=O) groups is 1. The first-order chi connectivity index (χ1) is 9.61. The second-order valence-electron chi connectivity index (χ2n) is 5.45. The van der Waals surface area contributed by atoms with E-state index in [0.29, 0.717) is 5.57 Å². The first-order valence-corrected chi connectivity index (χ1v) is 7.85. The van der Waals surface area contributed by atoms with E-state index in [1.54, 1.807) is 0 Å². The van der Waals surface area contributed by atoms with E-state index in [2.05, 4.69) is 22.9 Å². The summed E-state index contributed by atoms with van der Waals surface area (Å²) in [6, 6.07) is 5.95. The Kier molecular flexibility index (Phi) is 3.55. The summed E-state index contributed by atoms with van der Waals surface area (Å²) >= 11 is 3.47. The topological polar surface area (TPSA) is 37.3 Å². The highest BCUT2D eigenvalue weighted by atomic mass is 79.9. The molecule has 0 aromatic heterocycles. The number of aryl methyl sites for hydroxylation is 1. The van der Waals surface area contributed by atoms with E-state index in [9.17, 15) is 9.90 Å². The minimum atomic E-state index is -0.0745. The molecule has 0 heterocycles. The number of hydrogen-bond donors (Lipinski definition) is 1. The molecule has 2 bridgehead atoms. The highest BCUT2D eigenvalue weighted by Crippen LogP contribution is 2.40. The number of aliphatic hydroxyl groups excluding tert-OH is 1. The lowest BCUT2D eigenvalue weighted by atomic mass is 9.88. The van der Waals surface area contributed by atoms with Gasteiger partial charge in [-0.25, -0.2) is 0 Å². The van der Waals surface area contributed by atoms with Gasteiger partial charge in [-0.2, -0.15) is 0 Å². The van der Waals surface area contributed by atoms with Gasteiger partial charge in [-0.05, 0) is 42.5 Å². The lowest BCUT2D eigenvalue weighted by Crippen LogP contribution is -2.14. The number of benzene rings is 1. The molecule has 1 aromatic carbocycles. The third kappa shape index (κ3) is 2.14. The van der Waals surface area contributed by atoms with Gasteiger partial charge in [-0.3, -0.25) is 4.79 Å². The number of allylic oxidation sites excluding steroid dienone is 3. The molecule has 3 heteroatoms. The smallest absolute Gasteiger partial charge is 0.173 e. The zero-order valence-electron chi connectivity index (χ0n) is 11.4. The van der Waals surface area contributed by atoms with E-state index in [1.165, 1.54) is 0 Å². The number of rotatable bonds is 2. The highest BCUT2D eigenvalue weighted by molar-refractivity contribution is 9.10. The van der Waals surface area contributed by atoms with Crippen LogP contribution < -0.4 is 0 Å². The van der Waals surface area contributed by atoms with Crippen molar-refractivity contribution < 1.29 is 9.90 Å². The molecule has 2 atom stereocenters. The van der Waals surface area contributed by atoms with Gasteiger partial charge in [0.15, 0.2) is 5.78 Å². The van der Waals surface area contributed by atoms with E-state index in [0.717, 1.165) is 34.9 Å². The predicted molar refractivity (Wildman–Crippen MR) is 83.4 cm³/mol. The van der Waals surface area contributed by atoms with Gasteiger partial charge in [-0.1, -0.05) is 41.1 Å². The molecule has 0 radical (unpaired) electrons. The van der Waals surface area contributed by atoms with E-state index < -0.39 is 0 Å². The molecule has 0 fully saturated rings. The molecule has 104 valence electrons. The Morgan fingerprint density at radius 2 is 1.95 bits per heavy atom. The summed E-state index contributed by atoms with van der Waals surface area (Å²) in [5.74, 6) is 0.233. The maximum Gasteiger partial charge on any atom is 0.173 e. The fraction of sp³-hybridized carbons (Fsp3) is 0.353. The van der Waals surface area contributed by atoms with Gasteiger partial charge >= 0.3 is 0 Å². The summed E-state index contributed by atoms with van der Waals surface area (Å²) in [4.78, 5) is 12.7. The Morgan fingerprint density at radius 1 is 1.25 bits per heavy atom. The quantitative estimate of drug-likeness (QED) is 0.812. The molecule has 3 aliphatic carbocycles. The van der Waals surface area contributed by atoms with Crippen LogP contribution in [0.15, 0.2) is 40.6 Å². The van der Waals surface area contributed by atoms with Crippen molar-refractivity contribution in [1.29, 1.82) is 0 Å². The normalized spacial score (nSPS) is 25.2. The van der Waals surface area contributed by atoms with Crippen molar-refractivity contribution in [2.24, 2.45) is 11.8 Å². The SMILES string of the molecule is CCc1ccc(Br)cc1C1=C(O)[C@@H]2C=C[C@@H](CC2)C1=O. The summed E-state index contributed by atoms with van der Waals surface area (Å²) in [7, 11) is 0. The number of hydrogen-bond acceptors (Lipinski definition) is 2. The van der Waals surface area contributed by atoms with E-state index in [4.69, 9.17) is 0 Å².